The van der Waals surface area contributed by atoms with Crippen molar-refractivity contribution in [2.24, 2.45) is 0 Å². The number of hydrogen-bond acceptors (Lipinski definition) is 1. The van der Waals surface area contributed by atoms with Crippen LogP contribution in [0.5, 0.6) is 0 Å². The lowest BCUT2D eigenvalue weighted by Gasteiger charge is -2.05. The summed E-state index contributed by atoms with van der Waals surface area (Å²) in [5.74, 6) is -0.214. The number of aliphatic hydroxyl groups excluding tert-OH is 1. The molecule has 0 radical (unpaired) electrons. The van der Waals surface area contributed by atoms with Crippen molar-refractivity contribution in [3.05, 3.63) is 52.9 Å². The van der Waals surface area contributed by atoms with Gasteiger partial charge in [0.15, 0.2) is 0 Å². The number of benzene rings is 1. The first kappa shape index (κ1) is 16.6. The number of halogens is 1. The molecule has 1 N–H and O–H groups in total. The van der Waals surface area contributed by atoms with Gasteiger partial charge in [-0.3, -0.25) is 0 Å². The Hall–Kier alpha value is -1.41. The molecular weight excluding hydrogens is 251 g/mol. The van der Waals surface area contributed by atoms with Crippen LogP contribution in [0.2, 0.25) is 0 Å². The molecular formula is C18H25FO. The Labute approximate surface area is 121 Å². The number of unbranched alkanes of at least 4 members (excludes halogenated alkanes) is 3. The van der Waals surface area contributed by atoms with Gasteiger partial charge < -0.3 is 5.11 Å². The third-order valence-electron chi connectivity index (χ3n) is 3.22. The van der Waals surface area contributed by atoms with Crippen molar-refractivity contribution in [1.82, 2.24) is 0 Å². The smallest absolute Gasteiger partial charge is 0.123 e. The minimum absolute atomic E-state index is 0.0791. The minimum Gasteiger partial charge on any atom is -0.392 e. The van der Waals surface area contributed by atoms with Gasteiger partial charge in [-0.1, -0.05) is 50.5 Å². The zero-order valence-electron chi connectivity index (χ0n) is 12.5. The molecule has 0 heterocycles. The van der Waals surface area contributed by atoms with Gasteiger partial charge in [0.2, 0.25) is 0 Å². The molecule has 0 spiro atoms. The molecule has 0 aliphatic rings. The lowest BCUT2D eigenvalue weighted by molar-refractivity contribution is 0.331. The van der Waals surface area contributed by atoms with E-state index in [0.29, 0.717) is 0 Å². The second-order valence-electron chi connectivity index (χ2n) is 5.23. The molecule has 2 heteroatoms. The fourth-order valence-electron chi connectivity index (χ4n) is 2.08. The topological polar surface area (TPSA) is 20.2 Å². The van der Waals surface area contributed by atoms with E-state index in [4.69, 9.17) is 5.11 Å². The fourth-order valence-corrected chi connectivity index (χ4v) is 2.08. The molecule has 0 aromatic heterocycles. The van der Waals surface area contributed by atoms with Crippen molar-refractivity contribution < 1.29 is 9.50 Å². The lowest BCUT2D eigenvalue weighted by atomic mass is 10.0. The molecule has 0 atom stereocenters. The summed E-state index contributed by atoms with van der Waals surface area (Å²) in [6, 6.07) is 6.51. The standard InChI is InChI=1S/C18H25FO/c1-3-4-5-6-7-17(12-15(2)14-20)13-16-8-10-18(19)11-9-16/h8-13,20H,3-7,14H2,1-2H3/b15-12+,17-13?. The minimum atomic E-state index is -0.214. The third kappa shape index (κ3) is 6.67. The summed E-state index contributed by atoms with van der Waals surface area (Å²) in [5, 5.41) is 9.15. The number of rotatable bonds is 8. The summed E-state index contributed by atoms with van der Waals surface area (Å²) < 4.78 is 12.9. The second kappa shape index (κ2) is 9.49. The summed E-state index contributed by atoms with van der Waals surface area (Å²) in [6.45, 7) is 4.20. The van der Waals surface area contributed by atoms with Gasteiger partial charge in [-0.2, -0.15) is 0 Å². The molecule has 0 saturated carbocycles. The van der Waals surface area contributed by atoms with E-state index < -0.39 is 0 Å². The summed E-state index contributed by atoms with van der Waals surface area (Å²) in [5.41, 5.74) is 3.15. The van der Waals surface area contributed by atoms with Crippen LogP contribution >= 0.6 is 0 Å². The number of allylic oxidation sites excluding steroid dienone is 2. The van der Waals surface area contributed by atoms with Crippen molar-refractivity contribution in [3.8, 4) is 0 Å². The van der Waals surface area contributed by atoms with Crippen LogP contribution in [0.3, 0.4) is 0 Å². The second-order valence-corrected chi connectivity index (χ2v) is 5.23. The van der Waals surface area contributed by atoms with Gasteiger partial charge in [-0.05, 0) is 48.6 Å². The van der Waals surface area contributed by atoms with Crippen LogP contribution in [-0.2, 0) is 0 Å². The number of aliphatic hydroxyl groups is 1. The zero-order valence-corrected chi connectivity index (χ0v) is 12.5. The van der Waals surface area contributed by atoms with Gasteiger partial charge >= 0.3 is 0 Å². The van der Waals surface area contributed by atoms with E-state index >= 15 is 0 Å². The summed E-state index contributed by atoms with van der Waals surface area (Å²) >= 11 is 0. The Morgan fingerprint density at radius 3 is 2.45 bits per heavy atom. The van der Waals surface area contributed by atoms with Crippen molar-refractivity contribution in [3.63, 3.8) is 0 Å². The van der Waals surface area contributed by atoms with E-state index in [1.165, 1.54) is 37.0 Å². The Morgan fingerprint density at radius 2 is 1.85 bits per heavy atom. The summed E-state index contributed by atoms with van der Waals surface area (Å²) in [4.78, 5) is 0. The SMILES string of the molecule is CCCCCCC(=Cc1ccc(F)cc1)/C=C(\C)CO. The first-order valence-corrected chi connectivity index (χ1v) is 7.40. The fraction of sp³-hybridized carbons (Fsp3) is 0.444. The first-order chi connectivity index (χ1) is 9.65. The average Bonchev–Trinajstić information content (AvgIpc) is 2.45. The molecule has 0 unspecified atom stereocenters. The first-order valence-electron chi connectivity index (χ1n) is 7.40. The highest BCUT2D eigenvalue weighted by atomic mass is 19.1. The Kier molecular flexibility index (Phi) is 7.89. The van der Waals surface area contributed by atoms with Crippen molar-refractivity contribution in [2.75, 3.05) is 6.61 Å². The maximum atomic E-state index is 12.9. The van der Waals surface area contributed by atoms with Crippen LogP contribution in [0.1, 0.15) is 51.5 Å². The highest BCUT2D eigenvalue weighted by Gasteiger charge is 1.98. The van der Waals surface area contributed by atoms with Gasteiger partial charge in [0.05, 0.1) is 6.61 Å². The van der Waals surface area contributed by atoms with E-state index in [1.54, 1.807) is 12.1 Å². The molecule has 1 nitrogen and oxygen atoms in total. The zero-order chi connectivity index (χ0) is 14.8. The van der Waals surface area contributed by atoms with E-state index in [2.05, 4.69) is 13.0 Å². The van der Waals surface area contributed by atoms with E-state index in [1.807, 2.05) is 13.0 Å². The quantitative estimate of drug-likeness (QED) is 0.516. The van der Waals surface area contributed by atoms with E-state index in [-0.39, 0.29) is 12.4 Å². The highest BCUT2D eigenvalue weighted by molar-refractivity contribution is 5.56. The van der Waals surface area contributed by atoms with E-state index in [0.717, 1.165) is 24.0 Å². The van der Waals surface area contributed by atoms with E-state index in [9.17, 15) is 4.39 Å². The maximum absolute atomic E-state index is 12.9. The van der Waals surface area contributed by atoms with Crippen LogP contribution in [0.4, 0.5) is 4.39 Å². The monoisotopic (exact) mass is 276 g/mol. The molecule has 0 fully saturated rings. The third-order valence-corrected chi connectivity index (χ3v) is 3.22. The molecule has 0 saturated heterocycles. The molecule has 20 heavy (non-hydrogen) atoms. The molecule has 0 aliphatic heterocycles. The molecule has 1 aromatic rings. The summed E-state index contributed by atoms with van der Waals surface area (Å²) in [6.07, 6.45) is 9.96. The predicted octanol–water partition coefficient (Wildman–Crippen LogP) is 5.12. The maximum Gasteiger partial charge on any atom is 0.123 e. The molecule has 1 aromatic carbocycles. The molecule has 1 rings (SSSR count). The van der Waals surface area contributed by atoms with Crippen molar-refractivity contribution in [1.29, 1.82) is 0 Å². The predicted molar refractivity (Wildman–Crippen MR) is 84.0 cm³/mol. The number of hydrogen-bond donors (Lipinski definition) is 1. The van der Waals surface area contributed by atoms with Gasteiger partial charge in [-0.25, -0.2) is 4.39 Å². The van der Waals surface area contributed by atoms with Gasteiger partial charge in [0, 0.05) is 0 Å². The largest absolute Gasteiger partial charge is 0.392 e. The molecule has 0 bridgehead atoms. The van der Waals surface area contributed by atoms with Crippen LogP contribution in [0, 0.1) is 5.82 Å². The van der Waals surface area contributed by atoms with Crippen LogP contribution < -0.4 is 0 Å². The van der Waals surface area contributed by atoms with Gasteiger partial charge in [0.1, 0.15) is 5.82 Å². The Morgan fingerprint density at radius 1 is 1.15 bits per heavy atom. The summed E-state index contributed by atoms with van der Waals surface area (Å²) in [7, 11) is 0. The average molecular weight is 276 g/mol. The van der Waals surface area contributed by atoms with Crippen molar-refractivity contribution in [2.45, 2.75) is 46.0 Å². The van der Waals surface area contributed by atoms with Crippen molar-refractivity contribution >= 4 is 6.08 Å². The lowest BCUT2D eigenvalue weighted by Crippen LogP contribution is -1.88. The molecule has 110 valence electrons. The van der Waals surface area contributed by atoms with Crippen LogP contribution in [0.25, 0.3) is 6.08 Å². The van der Waals surface area contributed by atoms with Crippen LogP contribution in [0.15, 0.2) is 41.5 Å². The van der Waals surface area contributed by atoms with Gasteiger partial charge in [0.25, 0.3) is 0 Å². The Bertz CT molecular complexity index is 443. The molecule has 0 aliphatic carbocycles. The Balaban J connectivity index is 2.77. The van der Waals surface area contributed by atoms with Gasteiger partial charge in [-0.15, -0.1) is 0 Å². The normalized spacial score (nSPS) is 12.8. The molecule has 0 amide bonds. The highest BCUT2D eigenvalue weighted by Crippen LogP contribution is 2.17. The van der Waals surface area contributed by atoms with Crippen LogP contribution in [-0.4, -0.2) is 11.7 Å².